The fourth-order valence-electron chi connectivity index (χ4n) is 2.07. The summed E-state index contributed by atoms with van der Waals surface area (Å²) in [6.07, 6.45) is 0.497. The Morgan fingerprint density at radius 1 is 1.44 bits per heavy atom. The van der Waals surface area contributed by atoms with Crippen molar-refractivity contribution < 1.29 is 14.3 Å². The van der Waals surface area contributed by atoms with E-state index in [1.807, 2.05) is 4.90 Å². The van der Waals surface area contributed by atoms with E-state index >= 15 is 0 Å². The summed E-state index contributed by atoms with van der Waals surface area (Å²) in [6, 6.07) is 6.76. The molecule has 0 amide bonds. The number of carboxylic acids is 1. The van der Waals surface area contributed by atoms with Crippen LogP contribution < -0.4 is 4.90 Å². The molecule has 1 heterocycles. The van der Waals surface area contributed by atoms with E-state index in [0.29, 0.717) is 18.7 Å². The van der Waals surface area contributed by atoms with Crippen LogP contribution in [0.25, 0.3) is 0 Å². The minimum Gasteiger partial charge on any atom is -0.478 e. The van der Waals surface area contributed by atoms with Gasteiger partial charge in [-0.15, -0.1) is 0 Å². The predicted molar refractivity (Wildman–Crippen MR) is 59.7 cm³/mol. The standard InChI is InChI=1S/C12H14FNO2/c13-9-4-3-7-14(8-9)11-6-2-1-5-10(11)12(15)16/h1-2,5-6,9H,3-4,7-8H2,(H,15,16). The molecule has 1 aliphatic heterocycles. The molecule has 0 radical (unpaired) electrons. The van der Waals surface area contributed by atoms with Crippen LogP contribution in [0.1, 0.15) is 23.2 Å². The van der Waals surface area contributed by atoms with Gasteiger partial charge in [-0.05, 0) is 25.0 Å². The summed E-state index contributed by atoms with van der Waals surface area (Å²) >= 11 is 0. The maximum Gasteiger partial charge on any atom is 0.337 e. The predicted octanol–water partition coefficient (Wildman–Crippen LogP) is 2.32. The summed E-state index contributed by atoms with van der Waals surface area (Å²) < 4.78 is 13.3. The van der Waals surface area contributed by atoms with E-state index in [-0.39, 0.29) is 5.56 Å². The lowest BCUT2D eigenvalue weighted by molar-refractivity contribution is 0.0697. The Balaban J connectivity index is 2.28. The first kappa shape index (κ1) is 10.9. The molecule has 0 spiro atoms. The van der Waals surface area contributed by atoms with Crippen molar-refractivity contribution in [3.8, 4) is 0 Å². The van der Waals surface area contributed by atoms with E-state index in [2.05, 4.69) is 0 Å². The molecule has 16 heavy (non-hydrogen) atoms. The Morgan fingerprint density at radius 2 is 2.19 bits per heavy atom. The van der Waals surface area contributed by atoms with Crippen LogP contribution in [0.4, 0.5) is 10.1 Å². The van der Waals surface area contributed by atoms with E-state index in [4.69, 9.17) is 5.11 Å². The van der Waals surface area contributed by atoms with Crippen molar-refractivity contribution in [1.29, 1.82) is 0 Å². The summed E-state index contributed by atoms with van der Waals surface area (Å²) in [6.45, 7) is 1.02. The lowest BCUT2D eigenvalue weighted by Gasteiger charge is -2.31. The van der Waals surface area contributed by atoms with Crippen LogP contribution in [0, 0.1) is 0 Å². The average Bonchev–Trinajstić information content (AvgIpc) is 2.29. The lowest BCUT2D eigenvalue weighted by Crippen LogP contribution is -2.37. The van der Waals surface area contributed by atoms with Crippen molar-refractivity contribution in [1.82, 2.24) is 0 Å². The first-order valence-electron chi connectivity index (χ1n) is 5.40. The lowest BCUT2D eigenvalue weighted by atomic mass is 10.1. The molecule has 1 unspecified atom stereocenters. The van der Waals surface area contributed by atoms with Crippen molar-refractivity contribution in [3.63, 3.8) is 0 Å². The zero-order valence-corrected chi connectivity index (χ0v) is 8.90. The van der Waals surface area contributed by atoms with Crippen LogP contribution in [0.15, 0.2) is 24.3 Å². The molecule has 1 saturated heterocycles. The Bertz CT molecular complexity index is 394. The second kappa shape index (κ2) is 4.51. The van der Waals surface area contributed by atoms with E-state index in [0.717, 1.165) is 13.0 Å². The second-order valence-electron chi connectivity index (χ2n) is 4.01. The zero-order chi connectivity index (χ0) is 11.5. The molecule has 1 atom stereocenters. The molecule has 0 aliphatic carbocycles. The number of hydrogen-bond donors (Lipinski definition) is 1. The number of hydrogen-bond acceptors (Lipinski definition) is 2. The normalized spacial score (nSPS) is 20.8. The molecule has 1 aromatic rings. The summed E-state index contributed by atoms with van der Waals surface area (Å²) in [4.78, 5) is 12.8. The monoisotopic (exact) mass is 223 g/mol. The average molecular weight is 223 g/mol. The Kier molecular flexibility index (Phi) is 3.08. The van der Waals surface area contributed by atoms with E-state index in [1.165, 1.54) is 0 Å². The maximum atomic E-state index is 13.3. The van der Waals surface area contributed by atoms with Gasteiger partial charge in [0.05, 0.1) is 11.3 Å². The van der Waals surface area contributed by atoms with E-state index in [1.54, 1.807) is 24.3 Å². The van der Waals surface area contributed by atoms with Gasteiger partial charge in [0.15, 0.2) is 0 Å². The molecule has 2 rings (SSSR count). The van der Waals surface area contributed by atoms with Crippen molar-refractivity contribution >= 4 is 11.7 Å². The van der Waals surface area contributed by atoms with Gasteiger partial charge >= 0.3 is 5.97 Å². The molecule has 4 heteroatoms. The summed E-state index contributed by atoms with van der Waals surface area (Å²) in [5.41, 5.74) is 0.869. The number of para-hydroxylation sites is 1. The van der Waals surface area contributed by atoms with Gasteiger partial charge in [0.25, 0.3) is 0 Å². The minimum atomic E-state index is -0.961. The molecular formula is C12H14FNO2. The summed E-state index contributed by atoms with van der Waals surface area (Å²) in [5.74, 6) is -0.961. The minimum absolute atomic E-state index is 0.247. The van der Waals surface area contributed by atoms with Gasteiger partial charge in [-0.1, -0.05) is 12.1 Å². The van der Waals surface area contributed by atoms with Crippen LogP contribution in [-0.4, -0.2) is 30.3 Å². The van der Waals surface area contributed by atoms with Gasteiger partial charge in [0.1, 0.15) is 6.17 Å². The van der Waals surface area contributed by atoms with Crippen LogP contribution in [-0.2, 0) is 0 Å². The quantitative estimate of drug-likeness (QED) is 0.836. The van der Waals surface area contributed by atoms with Crippen LogP contribution in [0.5, 0.6) is 0 Å². The third-order valence-electron chi connectivity index (χ3n) is 2.84. The highest BCUT2D eigenvalue weighted by Crippen LogP contribution is 2.25. The number of halogens is 1. The van der Waals surface area contributed by atoms with Crippen molar-refractivity contribution in [2.45, 2.75) is 19.0 Å². The number of carboxylic acid groups (broad SMARTS) is 1. The third-order valence-corrected chi connectivity index (χ3v) is 2.84. The SMILES string of the molecule is O=C(O)c1ccccc1N1CCCC(F)C1. The number of carbonyl (C=O) groups is 1. The van der Waals surface area contributed by atoms with Gasteiger partial charge in [0, 0.05) is 13.1 Å². The molecule has 3 nitrogen and oxygen atoms in total. The van der Waals surface area contributed by atoms with Gasteiger partial charge < -0.3 is 10.0 Å². The number of anilines is 1. The second-order valence-corrected chi connectivity index (χ2v) is 4.01. The van der Waals surface area contributed by atoms with Crippen LogP contribution >= 0.6 is 0 Å². The molecule has 1 N–H and O–H groups in total. The number of piperidine rings is 1. The Morgan fingerprint density at radius 3 is 2.88 bits per heavy atom. The van der Waals surface area contributed by atoms with Crippen LogP contribution in [0.3, 0.4) is 0 Å². The number of alkyl halides is 1. The van der Waals surface area contributed by atoms with Crippen LogP contribution in [0.2, 0.25) is 0 Å². The number of rotatable bonds is 2. The number of nitrogens with zero attached hydrogens (tertiary/aromatic N) is 1. The van der Waals surface area contributed by atoms with Gasteiger partial charge in [-0.2, -0.15) is 0 Å². The zero-order valence-electron chi connectivity index (χ0n) is 8.90. The fraction of sp³-hybridized carbons (Fsp3) is 0.417. The molecule has 1 aromatic carbocycles. The molecule has 0 aromatic heterocycles. The molecule has 0 bridgehead atoms. The van der Waals surface area contributed by atoms with Gasteiger partial charge in [-0.25, -0.2) is 9.18 Å². The third kappa shape index (κ3) is 2.15. The molecule has 1 aliphatic rings. The highest BCUT2D eigenvalue weighted by Gasteiger charge is 2.22. The highest BCUT2D eigenvalue weighted by molar-refractivity contribution is 5.94. The molecule has 0 saturated carbocycles. The van der Waals surface area contributed by atoms with E-state index in [9.17, 15) is 9.18 Å². The van der Waals surface area contributed by atoms with E-state index < -0.39 is 12.1 Å². The highest BCUT2D eigenvalue weighted by atomic mass is 19.1. The smallest absolute Gasteiger partial charge is 0.337 e. The Labute approximate surface area is 93.5 Å². The molecule has 1 fully saturated rings. The summed E-state index contributed by atoms with van der Waals surface area (Å²) in [5, 5.41) is 9.04. The first-order valence-corrected chi connectivity index (χ1v) is 5.40. The number of benzene rings is 1. The summed E-state index contributed by atoms with van der Waals surface area (Å²) in [7, 11) is 0. The largest absolute Gasteiger partial charge is 0.478 e. The van der Waals surface area contributed by atoms with Gasteiger partial charge in [-0.3, -0.25) is 0 Å². The first-order chi connectivity index (χ1) is 7.68. The fourth-order valence-corrected chi connectivity index (χ4v) is 2.07. The molecule has 86 valence electrons. The van der Waals surface area contributed by atoms with Gasteiger partial charge in [0.2, 0.25) is 0 Å². The topological polar surface area (TPSA) is 40.5 Å². The molecular weight excluding hydrogens is 209 g/mol. The van der Waals surface area contributed by atoms with Crippen molar-refractivity contribution in [2.75, 3.05) is 18.0 Å². The Hall–Kier alpha value is -1.58. The van der Waals surface area contributed by atoms with Crippen molar-refractivity contribution in [2.24, 2.45) is 0 Å². The maximum absolute atomic E-state index is 13.3. The van der Waals surface area contributed by atoms with Crippen molar-refractivity contribution in [3.05, 3.63) is 29.8 Å². The number of aromatic carboxylic acids is 1.